The van der Waals surface area contributed by atoms with E-state index in [0.717, 1.165) is 39.0 Å². The van der Waals surface area contributed by atoms with Gasteiger partial charge in [0.05, 0.1) is 18.7 Å². The van der Waals surface area contributed by atoms with Crippen molar-refractivity contribution in [1.82, 2.24) is 10.2 Å². The monoisotopic (exact) mass is 198 g/mol. The summed E-state index contributed by atoms with van der Waals surface area (Å²) in [4.78, 5) is 13.8. The Morgan fingerprint density at radius 3 is 2.93 bits per heavy atom. The zero-order chi connectivity index (χ0) is 9.97. The van der Waals surface area contributed by atoms with Crippen molar-refractivity contribution < 1.29 is 9.53 Å². The van der Waals surface area contributed by atoms with Gasteiger partial charge in [-0.05, 0) is 26.3 Å². The summed E-state index contributed by atoms with van der Waals surface area (Å²) in [5, 5.41) is 3.05. The van der Waals surface area contributed by atoms with E-state index in [1.807, 2.05) is 11.9 Å². The SMILES string of the molecule is CNC1CCN(C2CCCOC2)C1=O. The Morgan fingerprint density at radius 2 is 2.36 bits per heavy atom. The van der Waals surface area contributed by atoms with Gasteiger partial charge in [-0.2, -0.15) is 0 Å². The van der Waals surface area contributed by atoms with Gasteiger partial charge >= 0.3 is 0 Å². The molecule has 4 heteroatoms. The van der Waals surface area contributed by atoms with Crippen LogP contribution >= 0.6 is 0 Å². The second-order valence-corrected chi connectivity index (χ2v) is 4.03. The van der Waals surface area contributed by atoms with Crippen molar-refractivity contribution >= 4 is 5.91 Å². The number of nitrogens with zero attached hydrogens (tertiary/aromatic N) is 1. The van der Waals surface area contributed by atoms with E-state index in [-0.39, 0.29) is 11.9 Å². The van der Waals surface area contributed by atoms with Crippen molar-refractivity contribution in [2.24, 2.45) is 0 Å². The van der Waals surface area contributed by atoms with Crippen molar-refractivity contribution in [3.05, 3.63) is 0 Å². The average molecular weight is 198 g/mol. The minimum atomic E-state index is 0.0388. The van der Waals surface area contributed by atoms with Crippen LogP contribution in [0.4, 0.5) is 0 Å². The molecule has 0 saturated carbocycles. The maximum Gasteiger partial charge on any atom is 0.240 e. The lowest BCUT2D eigenvalue weighted by Crippen LogP contribution is -2.45. The van der Waals surface area contributed by atoms with Crippen molar-refractivity contribution in [3.8, 4) is 0 Å². The average Bonchev–Trinajstić information content (AvgIpc) is 2.61. The molecule has 1 N–H and O–H groups in total. The Morgan fingerprint density at radius 1 is 1.50 bits per heavy atom. The molecule has 4 nitrogen and oxygen atoms in total. The molecule has 2 fully saturated rings. The van der Waals surface area contributed by atoms with Gasteiger partial charge in [0.2, 0.25) is 5.91 Å². The van der Waals surface area contributed by atoms with Crippen LogP contribution < -0.4 is 5.32 Å². The molecular formula is C10H18N2O2. The van der Waals surface area contributed by atoms with Crippen LogP contribution in [0.25, 0.3) is 0 Å². The fraction of sp³-hybridized carbons (Fsp3) is 0.900. The molecule has 0 aliphatic carbocycles. The van der Waals surface area contributed by atoms with Crippen molar-refractivity contribution in [1.29, 1.82) is 0 Å². The van der Waals surface area contributed by atoms with Gasteiger partial charge in [-0.25, -0.2) is 0 Å². The number of likely N-dealkylation sites (N-methyl/N-ethyl adjacent to an activating group) is 1. The first-order chi connectivity index (χ1) is 6.83. The molecule has 2 aliphatic heterocycles. The van der Waals surface area contributed by atoms with E-state index in [0.29, 0.717) is 6.04 Å². The summed E-state index contributed by atoms with van der Waals surface area (Å²) in [5.41, 5.74) is 0. The molecule has 2 unspecified atom stereocenters. The second-order valence-electron chi connectivity index (χ2n) is 4.03. The van der Waals surface area contributed by atoms with Gasteiger partial charge in [-0.15, -0.1) is 0 Å². The summed E-state index contributed by atoms with van der Waals surface area (Å²) in [6, 6.07) is 0.367. The van der Waals surface area contributed by atoms with Crippen LogP contribution in [-0.2, 0) is 9.53 Å². The van der Waals surface area contributed by atoms with E-state index < -0.39 is 0 Å². The van der Waals surface area contributed by atoms with Crippen LogP contribution in [0.15, 0.2) is 0 Å². The van der Waals surface area contributed by atoms with Gasteiger partial charge in [0.25, 0.3) is 0 Å². The lowest BCUT2D eigenvalue weighted by atomic mass is 10.1. The number of hydrogen-bond donors (Lipinski definition) is 1. The first kappa shape index (κ1) is 9.93. The molecule has 2 heterocycles. The molecule has 0 aromatic rings. The normalized spacial score (nSPS) is 33.8. The summed E-state index contributed by atoms with van der Waals surface area (Å²) in [6.07, 6.45) is 3.12. The van der Waals surface area contributed by atoms with E-state index in [2.05, 4.69) is 5.32 Å². The molecule has 0 radical (unpaired) electrons. The molecule has 2 saturated heterocycles. The molecule has 0 spiro atoms. The number of carbonyl (C=O) groups excluding carboxylic acids is 1. The molecule has 0 aromatic heterocycles. The number of carbonyl (C=O) groups is 1. The molecule has 2 atom stereocenters. The third-order valence-electron chi connectivity index (χ3n) is 3.17. The predicted octanol–water partition coefficient (Wildman–Crippen LogP) is -0.0143. The van der Waals surface area contributed by atoms with Gasteiger partial charge in [-0.3, -0.25) is 4.79 Å². The third-order valence-corrected chi connectivity index (χ3v) is 3.17. The van der Waals surface area contributed by atoms with Gasteiger partial charge in [-0.1, -0.05) is 0 Å². The highest BCUT2D eigenvalue weighted by atomic mass is 16.5. The van der Waals surface area contributed by atoms with Gasteiger partial charge in [0.15, 0.2) is 0 Å². The largest absolute Gasteiger partial charge is 0.379 e. The summed E-state index contributed by atoms with van der Waals surface area (Å²) in [7, 11) is 1.85. The Hall–Kier alpha value is -0.610. The van der Waals surface area contributed by atoms with Crippen LogP contribution in [0.1, 0.15) is 19.3 Å². The van der Waals surface area contributed by atoms with Crippen LogP contribution in [0.3, 0.4) is 0 Å². The highest BCUT2D eigenvalue weighted by Gasteiger charge is 2.35. The summed E-state index contributed by atoms with van der Waals surface area (Å²) in [6.45, 7) is 2.47. The van der Waals surface area contributed by atoms with Crippen LogP contribution in [-0.4, -0.2) is 49.7 Å². The lowest BCUT2D eigenvalue weighted by molar-refractivity contribution is -0.133. The summed E-state index contributed by atoms with van der Waals surface area (Å²) in [5.74, 6) is 0.253. The molecule has 2 aliphatic rings. The molecule has 0 aromatic carbocycles. The number of ether oxygens (including phenoxy) is 1. The standard InChI is InChI=1S/C10H18N2O2/c1-11-9-4-5-12(10(9)13)8-3-2-6-14-7-8/h8-9,11H,2-7H2,1H3. The van der Waals surface area contributed by atoms with Crippen LogP contribution in [0, 0.1) is 0 Å². The minimum absolute atomic E-state index is 0.0388. The quantitative estimate of drug-likeness (QED) is 0.678. The smallest absolute Gasteiger partial charge is 0.240 e. The molecule has 2 rings (SSSR count). The number of likely N-dealkylation sites (tertiary alicyclic amines) is 1. The number of amides is 1. The fourth-order valence-electron chi connectivity index (χ4n) is 2.30. The highest BCUT2D eigenvalue weighted by molar-refractivity contribution is 5.84. The number of nitrogens with one attached hydrogen (secondary N) is 1. The molecule has 1 amide bonds. The number of hydrogen-bond acceptors (Lipinski definition) is 3. The van der Waals surface area contributed by atoms with Crippen molar-refractivity contribution in [2.45, 2.75) is 31.3 Å². The second kappa shape index (κ2) is 4.28. The molecule has 80 valence electrons. The first-order valence-electron chi connectivity index (χ1n) is 5.38. The maximum absolute atomic E-state index is 11.8. The van der Waals surface area contributed by atoms with Crippen molar-refractivity contribution in [3.63, 3.8) is 0 Å². The fourth-order valence-corrected chi connectivity index (χ4v) is 2.30. The Labute approximate surface area is 84.6 Å². The summed E-state index contributed by atoms with van der Waals surface area (Å²) >= 11 is 0. The summed E-state index contributed by atoms with van der Waals surface area (Å²) < 4.78 is 5.40. The van der Waals surface area contributed by atoms with E-state index >= 15 is 0 Å². The zero-order valence-electron chi connectivity index (χ0n) is 8.66. The molecular weight excluding hydrogens is 180 g/mol. The topological polar surface area (TPSA) is 41.6 Å². The Kier molecular flexibility index (Phi) is 3.03. The maximum atomic E-state index is 11.8. The third kappa shape index (κ3) is 1.77. The Balaban J connectivity index is 1.94. The van der Waals surface area contributed by atoms with Gasteiger partial charge < -0.3 is 15.0 Å². The van der Waals surface area contributed by atoms with Gasteiger partial charge in [0.1, 0.15) is 0 Å². The van der Waals surface area contributed by atoms with E-state index in [1.54, 1.807) is 0 Å². The number of rotatable bonds is 2. The highest BCUT2D eigenvalue weighted by Crippen LogP contribution is 2.20. The zero-order valence-corrected chi connectivity index (χ0v) is 8.66. The molecule has 14 heavy (non-hydrogen) atoms. The minimum Gasteiger partial charge on any atom is -0.379 e. The van der Waals surface area contributed by atoms with Crippen LogP contribution in [0.2, 0.25) is 0 Å². The van der Waals surface area contributed by atoms with E-state index in [9.17, 15) is 4.79 Å². The van der Waals surface area contributed by atoms with Gasteiger partial charge in [0, 0.05) is 13.2 Å². The lowest BCUT2D eigenvalue weighted by Gasteiger charge is -2.31. The van der Waals surface area contributed by atoms with Crippen LogP contribution in [0.5, 0.6) is 0 Å². The first-order valence-corrected chi connectivity index (χ1v) is 5.38. The van der Waals surface area contributed by atoms with Crippen molar-refractivity contribution in [2.75, 3.05) is 26.8 Å². The predicted molar refractivity (Wildman–Crippen MR) is 53.0 cm³/mol. The van der Waals surface area contributed by atoms with E-state index in [1.165, 1.54) is 0 Å². The van der Waals surface area contributed by atoms with E-state index in [4.69, 9.17) is 4.74 Å². The molecule has 0 bridgehead atoms. The Bertz CT molecular complexity index is 214.